The molecule has 0 heterocycles. The molecule has 0 radical (unpaired) electrons. The molecule has 17 nitrogen and oxygen atoms in total. The molecule has 0 fully saturated rings. The van der Waals surface area contributed by atoms with Gasteiger partial charge in [-0.3, -0.25) is 37.3 Å². The summed E-state index contributed by atoms with van der Waals surface area (Å²) in [5.41, 5.74) is 0. The number of carbonyl (C=O) groups is 4. The first-order chi connectivity index (χ1) is 46.7. The van der Waals surface area contributed by atoms with Crippen molar-refractivity contribution in [1.29, 1.82) is 0 Å². The Morgan fingerprint density at radius 2 is 0.552 bits per heavy atom. The van der Waals surface area contributed by atoms with E-state index in [0.717, 1.165) is 148 Å². The number of esters is 4. The van der Waals surface area contributed by atoms with Crippen molar-refractivity contribution in [3.63, 3.8) is 0 Å². The van der Waals surface area contributed by atoms with Crippen molar-refractivity contribution in [3.05, 3.63) is 48.6 Å². The molecule has 0 rings (SSSR count). The number of hydrogen-bond donors (Lipinski definition) is 3. The van der Waals surface area contributed by atoms with Gasteiger partial charge in [0, 0.05) is 25.7 Å². The lowest BCUT2D eigenvalue weighted by Gasteiger charge is -2.21. The van der Waals surface area contributed by atoms with Crippen LogP contribution in [0.25, 0.3) is 0 Å². The third-order valence-corrected chi connectivity index (χ3v) is 18.7. The van der Waals surface area contributed by atoms with Crippen LogP contribution in [0.15, 0.2) is 48.6 Å². The van der Waals surface area contributed by atoms with Crippen molar-refractivity contribution in [2.45, 2.75) is 380 Å². The van der Waals surface area contributed by atoms with E-state index in [1.807, 2.05) is 0 Å². The molecule has 0 saturated carbocycles. The van der Waals surface area contributed by atoms with Crippen LogP contribution in [0, 0.1) is 0 Å². The maximum absolute atomic E-state index is 13.1. The van der Waals surface area contributed by atoms with Gasteiger partial charge in [0.1, 0.15) is 19.3 Å². The van der Waals surface area contributed by atoms with Crippen molar-refractivity contribution >= 4 is 39.5 Å². The molecule has 562 valence electrons. The van der Waals surface area contributed by atoms with Crippen LogP contribution in [0.3, 0.4) is 0 Å². The van der Waals surface area contributed by atoms with E-state index in [9.17, 15) is 43.2 Å². The second-order valence-corrected chi connectivity index (χ2v) is 29.2. The summed E-state index contributed by atoms with van der Waals surface area (Å²) >= 11 is 0. The number of aliphatic hydroxyl groups is 1. The van der Waals surface area contributed by atoms with Gasteiger partial charge in [-0.05, 0) is 77.0 Å². The lowest BCUT2D eigenvalue weighted by atomic mass is 10.0. The highest BCUT2D eigenvalue weighted by atomic mass is 31.2. The fourth-order valence-corrected chi connectivity index (χ4v) is 12.4. The summed E-state index contributed by atoms with van der Waals surface area (Å²) in [6.07, 6.45) is 66.7. The lowest BCUT2D eigenvalue weighted by molar-refractivity contribution is -0.161. The number of aliphatic hydroxyl groups excluding tert-OH is 1. The van der Waals surface area contributed by atoms with Crippen LogP contribution < -0.4 is 0 Å². The summed E-state index contributed by atoms with van der Waals surface area (Å²) in [6.45, 7) is 4.78. The van der Waals surface area contributed by atoms with Crippen LogP contribution in [-0.2, 0) is 65.4 Å². The highest BCUT2D eigenvalue weighted by molar-refractivity contribution is 7.47. The molecular formula is C77H142O17P2. The van der Waals surface area contributed by atoms with Gasteiger partial charge in [0.15, 0.2) is 12.2 Å². The third-order valence-electron chi connectivity index (χ3n) is 16.8. The maximum Gasteiger partial charge on any atom is 0.472 e. The predicted molar refractivity (Wildman–Crippen MR) is 390 cm³/mol. The Labute approximate surface area is 585 Å². The summed E-state index contributed by atoms with van der Waals surface area (Å²) in [4.78, 5) is 72.8. The van der Waals surface area contributed by atoms with Gasteiger partial charge in [-0.1, -0.05) is 307 Å². The van der Waals surface area contributed by atoms with Gasteiger partial charge in [-0.25, -0.2) is 9.13 Å². The molecule has 0 aromatic rings. The van der Waals surface area contributed by atoms with Gasteiger partial charge >= 0.3 is 39.5 Å². The lowest BCUT2D eigenvalue weighted by Crippen LogP contribution is -2.30. The Hall–Kier alpha value is -2.98. The van der Waals surface area contributed by atoms with Crippen molar-refractivity contribution in [1.82, 2.24) is 0 Å². The normalized spacial score (nSPS) is 14.2. The van der Waals surface area contributed by atoms with Crippen LogP contribution in [0.2, 0.25) is 0 Å². The quantitative estimate of drug-likeness (QED) is 0.0169. The number of phosphoric acid groups is 2. The molecule has 0 aromatic carbocycles. The van der Waals surface area contributed by atoms with E-state index in [0.29, 0.717) is 25.7 Å². The molecule has 0 aliphatic carbocycles. The van der Waals surface area contributed by atoms with Crippen molar-refractivity contribution in [3.8, 4) is 0 Å². The zero-order valence-electron chi connectivity index (χ0n) is 61.3. The topological polar surface area (TPSA) is 237 Å². The Bertz CT molecular complexity index is 2010. The van der Waals surface area contributed by atoms with Crippen LogP contribution in [-0.4, -0.2) is 96.7 Å². The van der Waals surface area contributed by atoms with E-state index in [1.165, 1.54) is 135 Å². The summed E-state index contributed by atoms with van der Waals surface area (Å²) < 4.78 is 68.5. The van der Waals surface area contributed by atoms with E-state index in [2.05, 4.69) is 76.3 Å². The molecule has 3 N–H and O–H groups in total. The Morgan fingerprint density at radius 3 is 0.875 bits per heavy atom. The number of rotatable bonds is 74. The number of hydrogen-bond acceptors (Lipinski definition) is 15. The van der Waals surface area contributed by atoms with Crippen molar-refractivity contribution in [2.24, 2.45) is 0 Å². The van der Waals surface area contributed by atoms with Gasteiger partial charge < -0.3 is 33.8 Å². The van der Waals surface area contributed by atoms with Crippen LogP contribution >= 0.6 is 15.6 Å². The van der Waals surface area contributed by atoms with E-state index < -0.39 is 97.5 Å². The molecular weight excluding hydrogens is 1260 g/mol. The molecule has 5 unspecified atom stereocenters. The number of allylic oxidation sites excluding steroid dienone is 8. The minimum atomic E-state index is -4.97. The molecule has 0 bridgehead atoms. The largest absolute Gasteiger partial charge is 0.472 e. The van der Waals surface area contributed by atoms with E-state index in [4.69, 9.17) is 37.0 Å². The first kappa shape index (κ1) is 93.0. The maximum atomic E-state index is 13.1. The van der Waals surface area contributed by atoms with Gasteiger partial charge in [-0.15, -0.1) is 0 Å². The Morgan fingerprint density at radius 1 is 0.302 bits per heavy atom. The molecule has 0 aliphatic heterocycles. The fraction of sp³-hybridized carbons (Fsp3) is 0.844. The smallest absolute Gasteiger partial charge is 0.462 e. The summed E-state index contributed by atoms with van der Waals surface area (Å²) in [7, 11) is -9.93. The fourth-order valence-electron chi connectivity index (χ4n) is 10.9. The highest BCUT2D eigenvalue weighted by Gasteiger charge is 2.30. The monoisotopic (exact) mass is 1400 g/mol. The van der Waals surface area contributed by atoms with Gasteiger partial charge in [-0.2, -0.15) is 0 Å². The number of carbonyl (C=O) groups excluding carboxylic acids is 4. The molecule has 0 saturated heterocycles. The van der Waals surface area contributed by atoms with Gasteiger partial charge in [0.05, 0.1) is 26.4 Å². The van der Waals surface area contributed by atoms with Gasteiger partial charge in [0.25, 0.3) is 0 Å². The summed E-state index contributed by atoms with van der Waals surface area (Å²) in [5, 5.41) is 10.6. The molecule has 5 atom stereocenters. The Balaban J connectivity index is 5.27. The Kier molecular flexibility index (Phi) is 68.3. The van der Waals surface area contributed by atoms with Crippen LogP contribution in [0.4, 0.5) is 0 Å². The van der Waals surface area contributed by atoms with Crippen molar-refractivity contribution in [2.75, 3.05) is 39.6 Å². The second-order valence-electron chi connectivity index (χ2n) is 26.3. The molecule has 96 heavy (non-hydrogen) atoms. The minimum Gasteiger partial charge on any atom is -0.462 e. The van der Waals surface area contributed by atoms with E-state index in [-0.39, 0.29) is 25.7 Å². The molecule has 0 amide bonds. The average Bonchev–Trinajstić information content (AvgIpc) is 1.13. The SMILES string of the molecule is CC/C=C\C/C=C\C/C=C\CCCCCCCCCC(=O)OCC(COP(=O)(O)OCC(O)COP(=O)(O)OCC(COC(=O)CCCCCCCCCCCCCCCCC)OC(=O)CCCCCCCCCCCCCCC)OC(=O)CCCCCCC/C=C\CCCC. The molecule has 0 spiro atoms. The summed E-state index contributed by atoms with van der Waals surface area (Å²) in [6, 6.07) is 0. The average molecular weight is 1400 g/mol. The molecule has 0 aromatic heterocycles. The first-order valence-corrected chi connectivity index (χ1v) is 41.9. The third kappa shape index (κ3) is 69.5. The molecule has 19 heteroatoms. The number of ether oxygens (including phenoxy) is 4. The van der Waals surface area contributed by atoms with Crippen molar-refractivity contribution < 1.29 is 80.2 Å². The number of unbranched alkanes of at least 4 members (excludes halogenated alkanes) is 40. The number of phosphoric ester groups is 2. The second kappa shape index (κ2) is 70.5. The zero-order valence-corrected chi connectivity index (χ0v) is 63.1. The van der Waals surface area contributed by atoms with E-state index >= 15 is 0 Å². The van der Waals surface area contributed by atoms with Gasteiger partial charge in [0.2, 0.25) is 0 Å². The zero-order chi connectivity index (χ0) is 70.4. The van der Waals surface area contributed by atoms with E-state index in [1.54, 1.807) is 0 Å². The highest BCUT2D eigenvalue weighted by Crippen LogP contribution is 2.45. The van der Waals surface area contributed by atoms with Crippen LogP contribution in [0.1, 0.15) is 362 Å². The van der Waals surface area contributed by atoms with Crippen LogP contribution in [0.5, 0.6) is 0 Å². The first-order valence-electron chi connectivity index (χ1n) is 38.9. The molecule has 0 aliphatic rings. The summed E-state index contributed by atoms with van der Waals surface area (Å²) in [5.74, 6) is -2.16. The standard InChI is InChI=1S/C77H142O17P2/c1-5-9-13-17-21-25-29-32-34-35-37-40-43-46-50-54-58-62-75(80)87-67-72(93-76(81)63-59-55-51-47-41-28-24-20-16-12-8-4)69-91-95(83,84)89-65-71(78)66-90-96(85,86)92-70-73(94-77(82)64-60-56-52-48-44-38-31-27-23-19-15-11-7-3)68-88-74(79)61-57-53-49-45-42-39-36-33-30-26-22-18-14-10-6-2/h9,13,20-21,24-25,32,34,71-73,78H,5-8,10-12,14-19,22-23,26-31,33,35-70H2,1-4H3,(H,83,84)(H,85,86)/b13-9-,24-20-,25-21-,34-32-. The minimum absolute atomic E-state index is 0.0867. The predicted octanol–water partition coefficient (Wildman–Crippen LogP) is 22.1.